The summed E-state index contributed by atoms with van der Waals surface area (Å²) in [6, 6.07) is 10.8. The summed E-state index contributed by atoms with van der Waals surface area (Å²) in [4.78, 5) is 11.8. The van der Waals surface area contributed by atoms with Crippen LogP contribution in [0.3, 0.4) is 0 Å². The molecular formula is C23H40IN5O. The number of guanidine groups is 1. The van der Waals surface area contributed by atoms with Crippen LogP contribution in [-0.4, -0.2) is 88.9 Å². The summed E-state index contributed by atoms with van der Waals surface area (Å²) in [6.45, 7) is 9.59. The van der Waals surface area contributed by atoms with Gasteiger partial charge in [-0.1, -0.05) is 18.2 Å². The van der Waals surface area contributed by atoms with Crippen LogP contribution >= 0.6 is 24.0 Å². The third-order valence-electron chi connectivity index (χ3n) is 6.21. The molecule has 2 fully saturated rings. The van der Waals surface area contributed by atoms with Gasteiger partial charge in [-0.25, -0.2) is 0 Å². The molecule has 0 saturated carbocycles. The first-order valence-electron chi connectivity index (χ1n) is 11.3. The lowest BCUT2D eigenvalue weighted by Gasteiger charge is -2.36. The number of anilines is 1. The van der Waals surface area contributed by atoms with Crippen molar-refractivity contribution in [2.75, 3.05) is 78.0 Å². The zero-order chi connectivity index (χ0) is 20.3. The zero-order valence-electron chi connectivity index (χ0n) is 18.8. The lowest BCUT2D eigenvalue weighted by molar-refractivity contribution is 0.0625. The minimum absolute atomic E-state index is 0. The van der Waals surface area contributed by atoms with Crippen molar-refractivity contribution in [3.05, 3.63) is 30.3 Å². The molecule has 1 N–H and O–H groups in total. The van der Waals surface area contributed by atoms with Crippen molar-refractivity contribution in [3.63, 3.8) is 0 Å². The van der Waals surface area contributed by atoms with E-state index in [2.05, 4.69) is 62.4 Å². The molecule has 0 spiro atoms. The third-order valence-corrected chi connectivity index (χ3v) is 6.21. The molecule has 6 nitrogen and oxygen atoms in total. The average molecular weight is 530 g/mol. The molecule has 0 aliphatic carbocycles. The first kappa shape index (κ1) is 25.2. The van der Waals surface area contributed by atoms with Gasteiger partial charge < -0.3 is 19.9 Å². The lowest BCUT2D eigenvalue weighted by Crippen LogP contribution is -2.47. The van der Waals surface area contributed by atoms with Crippen LogP contribution in [0.4, 0.5) is 5.69 Å². The summed E-state index contributed by atoms with van der Waals surface area (Å²) in [5.74, 6) is 1.82. The highest BCUT2D eigenvalue weighted by Gasteiger charge is 2.17. The zero-order valence-corrected chi connectivity index (χ0v) is 21.1. The van der Waals surface area contributed by atoms with Gasteiger partial charge in [-0.15, -0.1) is 24.0 Å². The van der Waals surface area contributed by atoms with Crippen LogP contribution in [-0.2, 0) is 4.74 Å². The van der Waals surface area contributed by atoms with E-state index in [1.807, 2.05) is 7.05 Å². The molecule has 2 saturated heterocycles. The second kappa shape index (κ2) is 14.1. The van der Waals surface area contributed by atoms with E-state index in [9.17, 15) is 0 Å². The van der Waals surface area contributed by atoms with Gasteiger partial charge >= 0.3 is 0 Å². The Morgan fingerprint density at radius 2 is 1.83 bits per heavy atom. The molecule has 2 aliphatic rings. The van der Waals surface area contributed by atoms with Crippen molar-refractivity contribution in [2.24, 2.45) is 10.9 Å². The number of nitrogens with zero attached hydrogens (tertiary/aromatic N) is 4. The third kappa shape index (κ3) is 8.23. The fourth-order valence-corrected chi connectivity index (χ4v) is 4.27. The number of hydrogen-bond donors (Lipinski definition) is 1. The van der Waals surface area contributed by atoms with Crippen molar-refractivity contribution in [1.29, 1.82) is 0 Å². The molecule has 0 bridgehead atoms. The monoisotopic (exact) mass is 529 g/mol. The van der Waals surface area contributed by atoms with Gasteiger partial charge in [-0.05, 0) is 50.3 Å². The molecule has 170 valence electrons. The van der Waals surface area contributed by atoms with Crippen LogP contribution in [0.1, 0.15) is 25.7 Å². The first-order valence-corrected chi connectivity index (χ1v) is 11.3. The SMILES string of the molecule is CN=C(NCCCN1CCN(c2ccccc2)CC1)N(C)CCC1CCOCC1.I. The number of halogens is 1. The molecule has 2 aliphatic heterocycles. The number of nitrogens with one attached hydrogen (secondary N) is 1. The first-order chi connectivity index (χ1) is 14.3. The fraction of sp³-hybridized carbons (Fsp3) is 0.696. The van der Waals surface area contributed by atoms with Gasteiger partial charge in [0.15, 0.2) is 5.96 Å². The van der Waals surface area contributed by atoms with Crippen LogP contribution in [0.5, 0.6) is 0 Å². The maximum absolute atomic E-state index is 5.46. The Morgan fingerprint density at radius 1 is 1.13 bits per heavy atom. The summed E-state index contributed by atoms with van der Waals surface area (Å²) >= 11 is 0. The quantitative estimate of drug-likeness (QED) is 0.243. The smallest absolute Gasteiger partial charge is 0.193 e. The maximum atomic E-state index is 5.46. The number of hydrogen-bond acceptors (Lipinski definition) is 4. The van der Waals surface area contributed by atoms with Crippen molar-refractivity contribution in [1.82, 2.24) is 15.1 Å². The maximum Gasteiger partial charge on any atom is 0.193 e. The van der Waals surface area contributed by atoms with E-state index in [1.165, 1.54) is 24.9 Å². The molecule has 0 aromatic heterocycles. The van der Waals surface area contributed by atoms with Crippen LogP contribution in [0.2, 0.25) is 0 Å². The molecule has 2 heterocycles. The van der Waals surface area contributed by atoms with Gasteiger partial charge in [0.2, 0.25) is 0 Å². The summed E-state index contributed by atoms with van der Waals surface area (Å²) < 4.78 is 5.46. The van der Waals surface area contributed by atoms with E-state index in [1.54, 1.807) is 0 Å². The highest BCUT2D eigenvalue weighted by atomic mass is 127. The molecule has 30 heavy (non-hydrogen) atoms. The Morgan fingerprint density at radius 3 is 2.50 bits per heavy atom. The van der Waals surface area contributed by atoms with E-state index in [4.69, 9.17) is 4.74 Å². The molecule has 0 unspecified atom stereocenters. The molecule has 7 heteroatoms. The Kier molecular flexibility index (Phi) is 11.8. The molecule has 1 aromatic carbocycles. The highest BCUT2D eigenvalue weighted by Crippen LogP contribution is 2.18. The fourth-order valence-electron chi connectivity index (χ4n) is 4.27. The Hall–Kier alpha value is -1.06. The standard InChI is InChI=1S/C23H39N5O.HI/c1-24-23(26(2)14-9-21-10-19-29-20-11-21)25-12-6-13-27-15-17-28(18-16-27)22-7-4-3-5-8-22;/h3-5,7-8,21H,6,9-20H2,1-2H3,(H,24,25);1H. The normalized spacial score (nSPS) is 18.7. The molecule has 3 rings (SSSR count). The Balaban J connectivity index is 0.00000320. The van der Waals surface area contributed by atoms with Crippen molar-refractivity contribution >= 4 is 35.6 Å². The van der Waals surface area contributed by atoms with E-state index in [-0.39, 0.29) is 24.0 Å². The minimum atomic E-state index is 0. The molecule has 0 radical (unpaired) electrons. The highest BCUT2D eigenvalue weighted by molar-refractivity contribution is 14.0. The number of para-hydroxylation sites is 1. The Bertz CT molecular complexity index is 601. The van der Waals surface area contributed by atoms with Crippen molar-refractivity contribution in [3.8, 4) is 0 Å². The predicted octanol–water partition coefficient (Wildman–Crippen LogP) is 3.14. The van der Waals surface area contributed by atoms with Gasteiger partial charge in [0.1, 0.15) is 0 Å². The van der Waals surface area contributed by atoms with Gasteiger partial charge in [-0.2, -0.15) is 0 Å². The molecule has 0 amide bonds. The number of piperazine rings is 1. The largest absolute Gasteiger partial charge is 0.381 e. The van der Waals surface area contributed by atoms with Gasteiger partial charge in [-0.3, -0.25) is 9.89 Å². The van der Waals surface area contributed by atoms with E-state index < -0.39 is 0 Å². The number of benzene rings is 1. The summed E-state index contributed by atoms with van der Waals surface area (Å²) in [5, 5.41) is 3.55. The number of ether oxygens (including phenoxy) is 1. The van der Waals surface area contributed by atoms with E-state index in [0.29, 0.717) is 0 Å². The van der Waals surface area contributed by atoms with Crippen LogP contribution in [0.25, 0.3) is 0 Å². The second-order valence-electron chi connectivity index (χ2n) is 8.26. The molecule has 1 aromatic rings. The van der Waals surface area contributed by atoms with Crippen LogP contribution in [0, 0.1) is 5.92 Å². The molecule has 0 atom stereocenters. The summed E-state index contributed by atoms with van der Waals surface area (Å²) in [5.41, 5.74) is 1.35. The Labute approximate surface area is 200 Å². The number of rotatable bonds is 8. The van der Waals surface area contributed by atoms with Crippen molar-refractivity contribution < 1.29 is 4.74 Å². The minimum Gasteiger partial charge on any atom is -0.381 e. The average Bonchev–Trinajstić information content (AvgIpc) is 2.79. The van der Waals surface area contributed by atoms with Gasteiger partial charge in [0, 0.05) is 72.3 Å². The van der Waals surface area contributed by atoms with E-state index >= 15 is 0 Å². The second-order valence-corrected chi connectivity index (χ2v) is 8.26. The van der Waals surface area contributed by atoms with Crippen LogP contribution in [0.15, 0.2) is 35.3 Å². The summed E-state index contributed by atoms with van der Waals surface area (Å²) in [7, 11) is 4.04. The predicted molar refractivity (Wildman–Crippen MR) is 137 cm³/mol. The molecular weight excluding hydrogens is 489 g/mol. The van der Waals surface area contributed by atoms with Crippen LogP contribution < -0.4 is 10.2 Å². The topological polar surface area (TPSA) is 43.3 Å². The lowest BCUT2D eigenvalue weighted by atomic mass is 9.96. The van der Waals surface area contributed by atoms with Gasteiger partial charge in [0.05, 0.1) is 0 Å². The van der Waals surface area contributed by atoms with E-state index in [0.717, 1.165) is 77.3 Å². The number of aliphatic imine (C=N–C) groups is 1. The summed E-state index contributed by atoms with van der Waals surface area (Å²) in [6.07, 6.45) is 4.79. The van der Waals surface area contributed by atoms with Gasteiger partial charge in [0.25, 0.3) is 0 Å². The van der Waals surface area contributed by atoms with Crippen molar-refractivity contribution in [2.45, 2.75) is 25.7 Å².